The number of halogens is 2. The van der Waals surface area contributed by atoms with Gasteiger partial charge in [0, 0.05) is 11.1 Å². The van der Waals surface area contributed by atoms with Crippen molar-refractivity contribution in [2.45, 2.75) is 48.4 Å². The molecule has 2 aromatic carbocycles. The molecule has 0 spiro atoms. The van der Waals surface area contributed by atoms with Gasteiger partial charge in [-0.15, -0.1) is 0 Å². The topological polar surface area (TPSA) is 98.7 Å². The standard InChI is InChI=1S/2C7H6FNO2.2C4H9.Sn/c2*8-6-3-1-5(2-4-6)7(10)9-11;2*1-3-4-2;/h2*1-4,11H,(H,9,10);2*1,3-4H2,2H3;. The minimum atomic E-state index is -0.648. The Kier molecular flexibility index (Phi) is 17.5. The third kappa shape index (κ3) is 14.6. The van der Waals surface area contributed by atoms with E-state index in [1.54, 1.807) is 8.87 Å². The zero-order chi connectivity index (χ0) is 23.5. The van der Waals surface area contributed by atoms with Crippen LogP contribution in [0.4, 0.5) is 8.78 Å². The molecule has 0 unspecified atom stereocenters. The predicted octanol–water partition coefficient (Wildman–Crippen LogP) is 5.02. The average molecular weight is 543 g/mol. The number of nitrogens with one attached hydrogen (secondary N) is 2. The van der Waals surface area contributed by atoms with Gasteiger partial charge in [0.05, 0.1) is 0 Å². The van der Waals surface area contributed by atoms with Crippen molar-refractivity contribution in [3.63, 3.8) is 0 Å². The molecule has 0 atom stereocenters. The summed E-state index contributed by atoms with van der Waals surface area (Å²) in [5.41, 5.74) is 3.31. The third-order valence-corrected chi connectivity index (χ3v) is 7.87. The van der Waals surface area contributed by atoms with Crippen molar-refractivity contribution in [2.75, 3.05) is 0 Å². The Balaban J connectivity index is 0.000000439. The summed E-state index contributed by atoms with van der Waals surface area (Å²) in [5.74, 6) is -2.13. The van der Waals surface area contributed by atoms with Crippen molar-refractivity contribution in [3.8, 4) is 0 Å². The number of hydrogen-bond donors (Lipinski definition) is 4. The summed E-state index contributed by atoms with van der Waals surface area (Å²) >= 11 is 0.149. The molecule has 6 nitrogen and oxygen atoms in total. The minimum Gasteiger partial charge on any atom is -0.288 e. The summed E-state index contributed by atoms with van der Waals surface area (Å²) in [6.07, 6.45) is 5.84. The summed E-state index contributed by atoms with van der Waals surface area (Å²) in [5, 5.41) is 16.3. The van der Waals surface area contributed by atoms with Gasteiger partial charge in [-0.25, -0.2) is 19.7 Å². The summed E-state index contributed by atoms with van der Waals surface area (Å²) in [6, 6.07) is 9.69. The van der Waals surface area contributed by atoms with E-state index in [2.05, 4.69) is 13.8 Å². The van der Waals surface area contributed by atoms with E-state index in [1.165, 1.54) is 60.9 Å². The van der Waals surface area contributed by atoms with Gasteiger partial charge in [-0.3, -0.25) is 20.0 Å². The van der Waals surface area contributed by atoms with Gasteiger partial charge in [0.15, 0.2) is 0 Å². The quantitative estimate of drug-likeness (QED) is 0.163. The van der Waals surface area contributed by atoms with Gasteiger partial charge >= 0.3 is 69.5 Å². The van der Waals surface area contributed by atoms with Crippen molar-refractivity contribution >= 4 is 33.0 Å². The van der Waals surface area contributed by atoms with Crippen LogP contribution in [-0.2, 0) is 0 Å². The van der Waals surface area contributed by atoms with Gasteiger partial charge in [0.2, 0.25) is 0 Å². The summed E-state index contributed by atoms with van der Waals surface area (Å²) in [7, 11) is 0. The maximum absolute atomic E-state index is 12.3. The zero-order valence-corrected chi connectivity index (χ0v) is 20.7. The van der Waals surface area contributed by atoms with E-state index in [-0.39, 0.29) is 32.3 Å². The molecule has 0 saturated carbocycles. The van der Waals surface area contributed by atoms with E-state index in [0.717, 1.165) is 24.3 Å². The molecule has 170 valence electrons. The second kappa shape index (κ2) is 18.7. The van der Waals surface area contributed by atoms with Crippen molar-refractivity contribution in [1.29, 1.82) is 0 Å². The Morgan fingerprint density at radius 3 is 1.32 bits per heavy atom. The largest absolute Gasteiger partial charge is 0.288 e. The van der Waals surface area contributed by atoms with Crippen molar-refractivity contribution in [3.05, 3.63) is 71.3 Å². The number of rotatable bonds is 8. The second-order valence-corrected chi connectivity index (χ2v) is 10.6. The van der Waals surface area contributed by atoms with Crippen LogP contribution in [0.25, 0.3) is 0 Å². The van der Waals surface area contributed by atoms with E-state index in [4.69, 9.17) is 10.4 Å². The fourth-order valence-corrected chi connectivity index (χ4v) is 6.22. The van der Waals surface area contributed by atoms with Crippen LogP contribution >= 0.6 is 0 Å². The normalized spacial score (nSPS) is 9.48. The van der Waals surface area contributed by atoms with Gasteiger partial charge in [-0.2, -0.15) is 0 Å². The van der Waals surface area contributed by atoms with E-state index < -0.39 is 23.4 Å². The Morgan fingerprint density at radius 1 is 0.742 bits per heavy atom. The number of unbranched alkanes of at least 4 members (excludes halogenated alkanes) is 2. The molecular formula is C22H30F2N2O4Sn. The van der Waals surface area contributed by atoms with Crippen LogP contribution in [0.2, 0.25) is 8.87 Å². The molecule has 0 aliphatic carbocycles. The maximum atomic E-state index is 12.3. The number of benzene rings is 2. The summed E-state index contributed by atoms with van der Waals surface area (Å²) < 4.78 is 27.8. The number of carbonyl (C=O) groups excluding carboxylic acids is 2. The number of amides is 2. The SMILES string of the molecule is CCC[CH2][Sn][CH2]CCC.O=C(NO)c1ccc(F)cc1.O=C(NO)c1ccc(F)cc1. The Hall–Kier alpha value is -2.04. The van der Waals surface area contributed by atoms with Crippen LogP contribution < -0.4 is 11.0 Å². The first kappa shape index (κ1) is 29.0. The third-order valence-electron chi connectivity index (χ3n) is 3.83. The zero-order valence-electron chi connectivity index (χ0n) is 17.8. The fraction of sp³-hybridized carbons (Fsp3) is 0.364. The van der Waals surface area contributed by atoms with Gasteiger partial charge < -0.3 is 0 Å². The fourth-order valence-electron chi connectivity index (χ4n) is 2.06. The first-order chi connectivity index (χ1) is 14.9. The molecule has 2 amide bonds. The van der Waals surface area contributed by atoms with Crippen molar-refractivity contribution < 1.29 is 28.8 Å². The Labute approximate surface area is 192 Å². The molecule has 0 aliphatic rings. The van der Waals surface area contributed by atoms with E-state index in [9.17, 15) is 18.4 Å². The molecule has 0 bridgehead atoms. The van der Waals surface area contributed by atoms with Crippen molar-refractivity contribution in [2.24, 2.45) is 0 Å². The van der Waals surface area contributed by atoms with Gasteiger partial charge in [0.25, 0.3) is 11.8 Å². The summed E-state index contributed by atoms with van der Waals surface area (Å²) in [6.45, 7) is 4.58. The van der Waals surface area contributed by atoms with E-state index >= 15 is 0 Å². The molecule has 2 radical (unpaired) electrons. The molecule has 9 heteroatoms. The molecule has 4 N–H and O–H groups in total. The van der Waals surface area contributed by atoms with Crippen LogP contribution in [0.5, 0.6) is 0 Å². The molecule has 0 heterocycles. The monoisotopic (exact) mass is 544 g/mol. The molecule has 0 aromatic heterocycles. The summed E-state index contributed by atoms with van der Waals surface area (Å²) in [4.78, 5) is 21.3. The van der Waals surface area contributed by atoms with Crippen LogP contribution in [0.3, 0.4) is 0 Å². The number of hydrogen-bond acceptors (Lipinski definition) is 4. The molecule has 2 aromatic rings. The van der Waals surface area contributed by atoms with Gasteiger partial charge in [0.1, 0.15) is 11.6 Å². The van der Waals surface area contributed by atoms with Crippen LogP contribution in [-0.4, -0.2) is 43.4 Å². The number of hydroxylamine groups is 2. The first-order valence-corrected chi connectivity index (χ1v) is 14.0. The minimum absolute atomic E-state index is 0.149. The molecule has 0 aliphatic heterocycles. The maximum Gasteiger partial charge on any atom is 0.274 e. The molecule has 0 fully saturated rings. The number of carbonyl (C=O) groups is 2. The first-order valence-electron chi connectivity index (χ1n) is 10.00. The average Bonchev–Trinajstić information content (AvgIpc) is 2.80. The smallest absolute Gasteiger partial charge is 0.274 e. The van der Waals surface area contributed by atoms with Crippen LogP contribution in [0.15, 0.2) is 48.5 Å². The van der Waals surface area contributed by atoms with Gasteiger partial charge in [-0.1, -0.05) is 0 Å². The van der Waals surface area contributed by atoms with Crippen molar-refractivity contribution in [1.82, 2.24) is 11.0 Å². The molecular weight excluding hydrogens is 513 g/mol. The van der Waals surface area contributed by atoms with E-state index in [1.807, 2.05) is 0 Å². The Bertz CT molecular complexity index is 681. The van der Waals surface area contributed by atoms with Crippen LogP contribution in [0, 0.1) is 11.6 Å². The van der Waals surface area contributed by atoms with Gasteiger partial charge in [-0.05, 0) is 48.5 Å². The molecule has 2 rings (SSSR count). The van der Waals surface area contributed by atoms with Crippen LogP contribution in [0.1, 0.15) is 60.2 Å². The molecule has 0 saturated heterocycles. The predicted molar refractivity (Wildman–Crippen MR) is 116 cm³/mol. The van der Waals surface area contributed by atoms with E-state index in [0.29, 0.717) is 0 Å². The molecule has 31 heavy (non-hydrogen) atoms. The second-order valence-electron chi connectivity index (χ2n) is 6.35. The Morgan fingerprint density at radius 2 is 1.06 bits per heavy atom.